The van der Waals surface area contributed by atoms with Gasteiger partial charge in [0.05, 0.1) is 16.6 Å². The van der Waals surface area contributed by atoms with Gasteiger partial charge in [0, 0.05) is 12.3 Å². The van der Waals surface area contributed by atoms with Gasteiger partial charge in [-0.05, 0) is 18.6 Å². The monoisotopic (exact) mass is 253 g/mol. The number of nitrogens with zero attached hydrogens (tertiary/aromatic N) is 1. The molecule has 0 saturated heterocycles. The number of benzene rings is 1. The fourth-order valence-corrected chi connectivity index (χ4v) is 2.65. The van der Waals surface area contributed by atoms with Crippen molar-refractivity contribution in [1.29, 1.82) is 0 Å². The van der Waals surface area contributed by atoms with Gasteiger partial charge in [-0.2, -0.15) is 0 Å². The average Bonchev–Trinajstić information content (AvgIpc) is 2.68. The second-order valence-corrected chi connectivity index (χ2v) is 5.08. The molecular formula is C12H12ClNOS. The number of hydrogen-bond acceptors (Lipinski definition) is 3. The van der Waals surface area contributed by atoms with Gasteiger partial charge in [0.2, 0.25) is 0 Å². The Morgan fingerprint density at radius 1 is 1.38 bits per heavy atom. The Hall–Kier alpha value is -0.930. The van der Waals surface area contributed by atoms with E-state index in [0.717, 1.165) is 21.6 Å². The fourth-order valence-electron chi connectivity index (χ4n) is 1.52. The minimum atomic E-state index is 0.222. The summed E-state index contributed by atoms with van der Waals surface area (Å²) in [5, 5.41) is 0.903. The van der Waals surface area contributed by atoms with E-state index in [1.807, 2.05) is 24.3 Å². The average molecular weight is 254 g/mol. The molecule has 2 aromatic rings. The number of para-hydroxylation sites is 1. The molecule has 0 aliphatic rings. The van der Waals surface area contributed by atoms with E-state index in [9.17, 15) is 4.79 Å². The first-order chi connectivity index (χ1) is 7.79. The van der Waals surface area contributed by atoms with Crippen molar-refractivity contribution in [2.45, 2.75) is 19.3 Å². The van der Waals surface area contributed by atoms with Crippen molar-refractivity contribution in [2.75, 3.05) is 5.88 Å². The predicted octanol–water partition coefficient (Wildman–Crippen LogP) is 3.43. The molecule has 4 heteroatoms. The highest BCUT2D eigenvalue weighted by molar-refractivity contribution is 7.18. The van der Waals surface area contributed by atoms with Crippen LogP contribution in [0.5, 0.6) is 0 Å². The minimum absolute atomic E-state index is 0.222. The van der Waals surface area contributed by atoms with E-state index in [4.69, 9.17) is 11.6 Å². The van der Waals surface area contributed by atoms with Crippen LogP contribution in [0.1, 0.15) is 17.8 Å². The third-order valence-corrected chi connectivity index (χ3v) is 3.58. The molecule has 0 unspecified atom stereocenters. The molecule has 0 bridgehead atoms. The normalized spacial score (nSPS) is 10.8. The smallest absolute Gasteiger partial charge is 0.139 e. The van der Waals surface area contributed by atoms with Crippen LogP contribution >= 0.6 is 22.9 Å². The summed E-state index contributed by atoms with van der Waals surface area (Å²) in [4.78, 5) is 16.0. The molecule has 0 atom stereocenters. The van der Waals surface area contributed by atoms with Gasteiger partial charge >= 0.3 is 0 Å². The summed E-state index contributed by atoms with van der Waals surface area (Å²) in [6.07, 6.45) is 1.75. The number of alkyl halides is 1. The number of thiazole rings is 1. The summed E-state index contributed by atoms with van der Waals surface area (Å²) in [6, 6.07) is 7.94. The van der Waals surface area contributed by atoms with Crippen LogP contribution in [0.3, 0.4) is 0 Å². The summed E-state index contributed by atoms with van der Waals surface area (Å²) >= 11 is 7.14. The molecule has 2 rings (SSSR count). The van der Waals surface area contributed by atoms with Crippen LogP contribution in [-0.4, -0.2) is 16.6 Å². The van der Waals surface area contributed by atoms with Crippen LogP contribution in [0.15, 0.2) is 24.3 Å². The summed E-state index contributed by atoms with van der Waals surface area (Å²) in [5.74, 6) is 0.769. The van der Waals surface area contributed by atoms with E-state index in [2.05, 4.69) is 4.98 Å². The number of carbonyl (C=O) groups is 1. The van der Waals surface area contributed by atoms with E-state index in [1.54, 1.807) is 11.3 Å². The Labute approximate surface area is 103 Å². The summed E-state index contributed by atoms with van der Waals surface area (Å²) in [7, 11) is 0. The zero-order chi connectivity index (χ0) is 11.4. The molecule has 2 nitrogen and oxygen atoms in total. The summed E-state index contributed by atoms with van der Waals surface area (Å²) in [6.45, 7) is 0. The molecule has 0 aliphatic carbocycles. The molecule has 1 aromatic heterocycles. The van der Waals surface area contributed by atoms with E-state index >= 15 is 0 Å². The Balaban J connectivity index is 2.07. The maximum Gasteiger partial charge on any atom is 0.139 e. The van der Waals surface area contributed by atoms with Crippen molar-refractivity contribution < 1.29 is 4.79 Å². The zero-order valence-electron chi connectivity index (χ0n) is 8.78. The van der Waals surface area contributed by atoms with Crippen LogP contribution in [0.2, 0.25) is 0 Å². The van der Waals surface area contributed by atoms with Crippen molar-refractivity contribution in [3.8, 4) is 0 Å². The predicted molar refractivity (Wildman–Crippen MR) is 68.3 cm³/mol. The van der Waals surface area contributed by atoms with Gasteiger partial charge < -0.3 is 0 Å². The number of hydrogen-bond donors (Lipinski definition) is 0. The topological polar surface area (TPSA) is 30.0 Å². The quantitative estimate of drug-likeness (QED) is 0.765. The van der Waals surface area contributed by atoms with Gasteiger partial charge in [0.25, 0.3) is 0 Å². The number of fused-ring (bicyclic) bond motifs is 1. The van der Waals surface area contributed by atoms with Gasteiger partial charge in [-0.15, -0.1) is 22.9 Å². The second-order valence-electron chi connectivity index (χ2n) is 3.58. The fraction of sp³-hybridized carbons (Fsp3) is 0.333. The van der Waals surface area contributed by atoms with Crippen molar-refractivity contribution in [2.24, 2.45) is 0 Å². The number of ketones is 1. The molecule has 0 fully saturated rings. The SMILES string of the molecule is O=C(CCCCl)Cc1nc2ccccc2s1. The number of aromatic nitrogens is 1. The first-order valence-corrected chi connectivity index (χ1v) is 6.57. The molecule has 0 radical (unpaired) electrons. The van der Waals surface area contributed by atoms with E-state index in [0.29, 0.717) is 18.7 Å². The standard InChI is InChI=1S/C12H12ClNOS/c13-7-3-4-9(15)8-12-14-10-5-1-2-6-11(10)16-12/h1-2,5-6H,3-4,7-8H2. The molecule has 1 heterocycles. The maximum absolute atomic E-state index is 11.6. The van der Waals surface area contributed by atoms with Crippen LogP contribution in [0.25, 0.3) is 10.2 Å². The zero-order valence-corrected chi connectivity index (χ0v) is 10.4. The van der Waals surface area contributed by atoms with Crippen LogP contribution < -0.4 is 0 Å². The van der Waals surface area contributed by atoms with Gasteiger partial charge in [0.1, 0.15) is 10.8 Å². The second kappa shape index (κ2) is 5.41. The molecule has 84 valence electrons. The van der Waals surface area contributed by atoms with E-state index < -0.39 is 0 Å². The highest BCUT2D eigenvalue weighted by Crippen LogP contribution is 2.22. The minimum Gasteiger partial charge on any atom is -0.299 e. The Morgan fingerprint density at radius 2 is 2.19 bits per heavy atom. The van der Waals surface area contributed by atoms with Crippen LogP contribution in [-0.2, 0) is 11.2 Å². The van der Waals surface area contributed by atoms with Gasteiger partial charge in [0.15, 0.2) is 0 Å². The van der Waals surface area contributed by atoms with Gasteiger partial charge in [-0.1, -0.05) is 12.1 Å². The van der Waals surface area contributed by atoms with Gasteiger partial charge in [-0.25, -0.2) is 4.98 Å². The van der Waals surface area contributed by atoms with Crippen LogP contribution in [0.4, 0.5) is 0 Å². The molecule has 0 amide bonds. The Kier molecular flexibility index (Phi) is 3.91. The first-order valence-electron chi connectivity index (χ1n) is 5.21. The highest BCUT2D eigenvalue weighted by Gasteiger charge is 2.08. The van der Waals surface area contributed by atoms with Crippen molar-refractivity contribution in [3.05, 3.63) is 29.3 Å². The third-order valence-electron chi connectivity index (χ3n) is 2.28. The van der Waals surface area contributed by atoms with Crippen molar-refractivity contribution >= 4 is 38.9 Å². The summed E-state index contributed by atoms with van der Waals surface area (Å²) in [5.41, 5.74) is 0.979. The molecule has 16 heavy (non-hydrogen) atoms. The Bertz CT molecular complexity index is 461. The lowest BCUT2D eigenvalue weighted by Crippen LogP contribution is -2.02. The van der Waals surface area contributed by atoms with Crippen LogP contribution in [0, 0.1) is 0 Å². The molecule has 0 N–H and O–H groups in total. The number of rotatable bonds is 5. The molecule has 1 aromatic carbocycles. The molecule has 0 spiro atoms. The van der Waals surface area contributed by atoms with E-state index in [-0.39, 0.29) is 5.78 Å². The third kappa shape index (κ3) is 2.80. The molecule has 0 saturated carbocycles. The Morgan fingerprint density at radius 3 is 2.94 bits per heavy atom. The number of Topliss-reactive ketones (excluding diaryl/α,β-unsaturated/α-hetero) is 1. The van der Waals surface area contributed by atoms with Crippen molar-refractivity contribution in [3.63, 3.8) is 0 Å². The van der Waals surface area contributed by atoms with Crippen molar-refractivity contribution in [1.82, 2.24) is 4.98 Å². The summed E-state index contributed by atoms with van der Waals surface area (Å²) < 4.78 is 1.14. The number of halogens is 1. The first kappa shape index (κ1) is 11.6. The highest BCUT2D eigenvalue weighted by atomic mass is 35.5. The molecular weight excluding hydrogens is 242 g/mol. The van der Waals surface area contributed by atoms with Gasteiger partial charge in [-0.3, -0.25) is 4.79 Å². The van der Waals surface area contributed by atoms with E-state index in [1.165, 1.54) is 0 Å². The molecule has 0 aliphatic heterocycles. The lowest BCUT2D eigenvalue weighted by molar-refractivity contribution is -0.118. The lowest BCUT2D eigenvalue weighted by atomic mass is 10.2. The largest absolute Gasteiger partial charge is 0.299 e. The maximum atomic E-state index is 11.6. The number of carbonyl (C=O) groups excluding carboxylic acids is 1. The lowest BCUT2D eigenvalue weighted by Gasteiger charge is -1.94.